The molecule has 0 saturated carbocycles. The van der Waals surface area contributed by atoms with E-state index in [0.717, 1.165) is 11.1 Å². The number of hydrogen-bond acceptors (Lipinski definition) is 3. The van der Waals surface area contributed by atoms with Crippen molar-refractivity contribution in [3.8, 4) is 0 Å². The lowest BCUT2D eigenvalue weighted by Crippen LogP contribution is -2.52. The maximum atomic E-state index is 13.4. The van der Waals surface area contributed by atoms with E-state index in [1.54, 1.807) is 30.3 Å². The maximum absolute atomic E-state index is 13.4. The normalized spacial score (nSPS) is 15.0. The Morgan fingerprint density at radius 1 is 1.00 bits per heavy atom. The predicted octanol–water partition coefficient (Wildman–Crippen LogP) is 4.44. The summed E-state index contributed by atoms with van der Waals surface area (Å²) in [5.41, 5.74) is 3.91. The van der Waals surface area contributed by atoms with Gasteiger partial charge in [-0.2, -0.15) is 0 Å². The number of anilines is 3. The van der Waals surface area contributed by atoms with Crippen molar-refractivity contribution in [1.29, 1.82) is 0 Å². The molecule has 7 heteroatoms. The molecule has 1 heterocycles. The zero-order valence-corrected chi connectivity index (χ0v) is 17.7. The van der Waals surface area contributed by atoms with Gasteiger partial charge < -0.3 is 10.6 Å². The number of benzene rings is 3. The molecule has 1 aliphatic heterocycles. The molecule has 0 spiro atoms. The zero-order chi connectivity index (χ0) is 22.8. The molecule has 1 atom stereocenters. The summed E-state index contributed by atoms with van der Waals surface area (Å²) in [5, 5.41) is 5.57. The molecular weight excluding hydrogens is 409 g/mol. The number of aryl methyl sites for hydroxylation is 2. The van der Waals surface area contributed by atoms with Crippen molar-refractivity contribution >= 4 is 34.8 Å². The minimum Gasteiger partial charge on any atom is -0.326 e. The number of nitrogens with zero attached hydrogens (tertiary/aromatic N) is 1. The van der Waals surface area contributed by atoms with Crippen LogP contribution in [0.5, 0.6) is 0 Å². The minimum atomic E-state index is -1.06. The number of halogens is 1. The van der Waals surface area contributed by atoms with E-state index < -0.39 is 29.6 Å². The van der Waals surface area contributed by atoms with Crippen LogP contribution in [0.4, 0.5) is 21.5 Å². The average molecular weight is 431 g/mol. The van der Waals surface area contributed by atoms with E-state index in [9.17, 15) is 18.8 Å². The van der Waals surface area contributed by atoms with Gasteiger partial charge in [0.05, 0.1) is 17.8 Å². The summed E-state index contributed by atoms with van der Waals surface area (Å²) in [7, 11) is 0. The molecule has 0 radical (unpaired) electrons. The maximum Gasteiger partial charge on any atom is 0.259 e. The smallest absolute Gasteiger partial charge is 0.259 e. The first kappa shape index (κ1) is 21.2. The molecule has 2 N–H and O–H groups in total. The fourth-order valence-electron chi connectivity index (χ4n) is 3.66. The van der Waals surface area contributed by atoms with Gasteiger partial charge in [-0.25, -0.2) is 4.39 Å². The summed E-state index contributed by atoms with van der Waals surface area (Å²) in [6.45, 7) is 3.92. The van der Waals surface area contributed by atoms with Gasteiger partial charge in [0, 0.05) is 11.3 Å². The Labute approximate surface area is 185 Å². The quantitative estimate of drug-likeness (QED) is 0.641. The van der Waals surface area contributed by atoms with E-state index in [2.05, 4.69) is 10.6 Å². The van der Waals surface area contributed by atoms with Crippen LogP contribution in [0, 0.1) is 19.7 Å². The standard InChI is InChI=1S/C25H22FN3O3/c1-15-7-12-19(13-16(15)2)27-23(30)14-22-24(31)28-20-5-3-4-6-21(20)29(22)25(32)17-8-10-18(26)11-9-17/h3-13,22H,14H2,1-2H3,(H,27,30)(H,28,31)/t22-/m0/s1. The first-order chi connectivity index (χ1) is 15.3. The number of amides is 3. The molecular formula is C25H22FN3O3. The van der Waals surface area contributed by atoms with Gasteiger partial charge in [0.1, 0.15) is 11.9 Å². The number of nitrogens with one attached hydrogen (secondary N) is 2. The van der Waals surface area contributed by atoms with Crippen LogP contribution in [0.15, 0.2) is 66.7 Å². The van der Waals surface area contributed by atoms with Gasteiger partial charge in [0.2, 0.25) is 11.8 Å². The van der Waals surface area contributed by atoms with E-state index in [1.807, 2.05) is 26.0 Å². The Morgan fingerprint density at radius 3 is 2.44 bits per heavy atom. The summed E-state index contributed by atoms with van der Waals surface area (Å²) in [4.78, 5) is 40.4. The van der Waals surface area contributed by atoms with Gasteiger partial charge in [0.25, 0.3) is 5.91 Å². The van der Waals surface area contributed by atoms with E-state index in [0.29, 0.717) is 17.1 Å². The highest BCUT2D eigenvalue weighted by Crippen LogP contribution is 2.34. The van der Waals surface area contributed by atoms with Gasteiger partial charge in [-0.05, 0) is 73.5 Å². The summed E-state index contributed by atoms with van der Waals surface area (Å²) < 4.78 is 13.4. The fraction of sp³-hybridized carbons (Fsp3) is 0.160. The molecule has 3 amide bonds. The number of carbonyl (C=O) groups is 3. The Bertz CT molecular complexity index is 1210. The van der Waals surface area contributed by atoms with Crippen molar-refractivity contribution in [3.63, 3.8) is 0 Å². The number of para-hydroxylation sites is 2. The highest BCUT2D eigenvalue weighted by atomic mass is 19.1. The van der Waals surface area contributed by atoms with Gasteiger partial charge in [-0.15, -0.1) is 0 Å². The lowest BCUT2D eigenvalue weighted by atomic mass is 10.0. The summed E-state index contributed by atoms with van der Waals surface area (Å²) in [5.74, 6) is -1.82. The third-order valence-electron chi connectivity index (χ3n) is 5.52. The van der Waals surface area contributed by atoms with E-state index >= 15 is 0 Å². The summed E-state index contributed by atoms with van der Waals surface area (Å²) >= 11 is 0. The van der Waals surface area contributed by atoms with Crippen molar-refractivity contribution in [2.45, 2.75) is 26.3 Å². The summed E-state index contributed by atoms with van der Waals surface area (Å²) in [6, 6.07) is 16.4. The third kappa shape index (κ3) is 4.23. The molecule has 3 aromatic rings. The largest absolute Gasteiger partial charge is 0.326 e. The molecule has 32 heavy (non-hydrogen) atoms. The molecule has 6 nitrogen and oxygen atoms in total. The first-order valence-corrected chi connectivity index (χ1v) is 10.2. The SMILES string of the molecule is Cc1ccc(NC(=O)C[C@H]2C(=O)Nc3ccccc3N2C(=O)c2ccc(F)cc2)cc1C. The van der Waals surface area contributed by atoms with Crippen LogP contribution in [-0.2, 0) is 9.59 Å². The van der Waals surface area contributed by atoms with E-state index in [1.165, 1.54) is 29.2 Å². The molecule has 0 aliphatic carbocycles. The lowest BCUT2D eigenvalue weighted by Gasteiger charge is -2.36. The Balaban J connectivity index is 1.64. The number of carbonyl (C=O) groups excluding carboxylic acids is 3. The molecule has 0 aromatic heterocycles. The van der Waals surface area contributed by atoms with Crippen LogP contribution in [0.3, 0.4) is 0 Å². The summed E-state index contributed by atoms with van der Waals surface area (Å²) in [6.07, 6.45) is -0.236. The molecule has 162 valence electrons. The predicted molar refractivity (Wildman–Crippen MR) is 121 cm³/mol. The van der Waals surface area contributed by atoms with Crippen LogP contribution in [0.1, 0.15) is 27.9 Å². The van der Waals surface area contributed by atoms with Gasteiger partial charge in [0.15, 0.2) is 0 Å². The van der Waals surface area contributed by atoms with Crippen molar-refractivity contribution in [3.05, 3.63) is 89.2 Å². The van der Waals surface area contributed by atoms with Gasteiger partial charge in [-0.1, -0.05) is 18.2 Å². The van der Waals surface area contributed by atoms with Crippen molar-refractivity contribution in [1.82, 2.24) is 0 Å². The minimum absolute atomic E-state index is 0.218. The van der Waals surface area contributed by atoms with Crippen molar-refractivity contribution < 1.29 is 18.8 Å². The molecule has 0 fully saturated rings. The zero-order valence-electron chi connectivity index (χ0n) is 17.7. The highest BCUT2D eigenvalue weighted by molar-refractivity contribution is 6.17. The molecule has 0 saturated heterocycles. The second kappa shape index (κ2) is 8.63. The molecule has 0 bridgehead atoms. The molecule has 1 aliphatic rings. The lowest BCUT2D eigenvalue weighted by molar-refractivity contribution is -0.122. The van der Waals surface area contributed by atoms with Gasteiger partial charge in [-0.3, -0.25) is 19.3 Å². The van der Waals surface area contributed by atoms with Gasteiger partial charge >= 0.3 is 0 Å². The first-order valence-electron chi connectivity index (χ1n) is 10.2. The van der Waals surface area contributed by atoms with Crippen molar-refractivity contribution in [2.24, 2.45) is 0 Å². The van der Waals surface area contributed by atoms with Crippen LogP contribution >= 0.6 is 0 Å². The fourth-order valence-corrected chi connectivity index (χ4v) is 3.66. The van der Waals surface area contributed by atoms with E-state index in [4.69, 9.17) is 0 Å². The second-order valence-corrected chi connectivity index (χ2v) is 7.76. The average Bonchev–Trinajstić information content (AvgIpc) is 2.77. The number of fused-ring (bicyclic) bond motifs is 1. The molecule has 3 aromatic carbocycles. The third-order valence-corrected chi connectivity index (χ3v) is 5.52. The Hall–Kier alpha value is -4.00. The monoisotopic (exact) mass is 431 g/mol. The number of rotatable bonds is 4. The Morgan fingerprint density at radius 2 is 1.72 bits per heavy atom. The van der Waals surface area contributed by atoms with Crippen LogP contribution in [-0.4, -0.2) is 23.8 Å². The second-order valence-electron chi connectivity index (χ2n) is 7.76. The number of hydrogen-bond donors (Lipinski definition) is 2. The Kier molecular flexibility index (Phi) is 5.73. The van der Waals surface area contributed by atoms with E-state index in [-0.39, 0.29) is 12.0 Å². The van der Waals surface area contributed by atoms with Crippen molar-refractivity contribution in [2.75, 3.05) is 15.5 Å². The van der Waals surface area contributed by atoms with Crippen LogP contribution in [0.25, 0.3) is 0 Å². The topological polar surface area (TPSA) is 78.5 Å². The highest BCUT2D eigenvalue weighted by Gasteiger charge is 2.38. The molecule has 0 unspecified atom stereocenters. The molecule has 4 rings (SSSR count). The van der Waals surface area contributed by atoms with Crippen LogP contribution in [0.2, 0.25) is 0 Å². The van der Waals surface area contributed by atoms with Crippen LogP contribution < -0.4 is 15.5 Å².